The summed E-state index contributed by atoms with van der Waals surface area (Å²) in [7, 11) is -2.51. The predicted molar refractivity (Wildman–Crippen MR) is 98.1 cm³/mol. The van der Waals surface area contributed by atoms with E-state index in [1.165, 1.54) is 19.2 Å². The molecule has 0 spiro atoms. The molecule has 138 valence electrons. The Labute approximate surface area is 160 Å². The topological polar surface area (TPSA) is 102 Å². The van der Waals surface area contributed by atoms with Crippen LogP contribution in [0.4, 0.5) is 5.69 Å². The quantitative estimate of drug-likeness (QED) is 0.704. The highest BCUT2D eigenvalue weighted by molar-refractivity contribution is 7.89. The van der Waals surface area contributed by atoms with E-state index in [9.17, 15) is 18.0 Å². The van der Waals surface area contributed by atoms with Gasteiger partial charge >= 0.3 is 5.97 Å². The van der Waals surface area contributed by atoms with Gasteiger partial charge in [-0.15, -0.1) is 0 Å². The molecule has 0 heterocycles. The molecule has 0 unspecified atom stereocenters. The second-order valence-electron chi connectivity index (χ2n) is 4.98. The molecule has 0 fully saturated rings. The average Bonchev–Trinajstić information content (AvgIpc) is 2.62. The number of anilines is 1. The number of carbonyl (C=O) groups excluding carboxylic acids is 2. The van der Waals surface area contributed by atoms with Crippen LogP contribution in [0.25, 0.3) is 0 Å². The van der Waals surface area contributed by atoms with Crippen LogP contribution >= 0.6 is 23.2 Å². The van der Waals surface area contributed by atoms with E-state index in [1.54, 1.807) is 24.3 Å². The second-order valence-corrected chi connectivity index (χ2v) is 7.71. The fourth-order valence-electron chi connectivity index (χ4n) is 1.88. The summed E-state index contributed by atoms with van der Waals surface area (Å²) in [6.07, 6.45) is 0. The van der Waals surface area contributed by atoms with Crippen molar-refractivity contribution in [2.24, 2.45) is 0 Å². The molecule has 0 atom stereocenters. The number of amides is 1. The average molecular weight is 417 g/mol. The number of ether oxygens (including phenoxy) is 1. The highest BCUT2D eigenvalue weighted by Gasteiger charge is 2.19. The molecule has 1 amide bonds. The van der Waals surface area contributed by atoms with Crippen LogP contribution in [0.15, 0.2) is 47.4 Å². The third-order valence-electron chi connectivity index (χ3n) is 3.20. The number of hydrogen-bond acceptors (Lipinski definition) is 5. The molecule has 2 N–H and O–H groups in total. The van der Waals surface area contributed by atoms with Gasteiger partial charge in [-0.25, -0.2) is 17.9 Å². The maximum atomic E-state index is 12.1. The van der Waals surface area contributed by atoms with Crippen molar-refractivity contribution in [2.45, 2.75) is 4.90 Å². The van der Waals surface area contributed by atoms with E-state index in [1.807, 2.05) is 0 Å². The van der Waals surface area contributed by atoms with Gasteiger partial charge < -0.3 is 10.1 Å². The molecule has 26 heavy (non-hydrogen) atoms. The zero-order valence-corrected chi connectivity index (χ0v) is 15.8. The van der Waals surface area contributed by atoms with E-state index in [2.05, 4.69) is 10.0 Å². The summed E-state index contributed by atoms with van der Waals surface area (Å²) in [5.74, 6) is -1.50. The molecule has 0 aliphatic carbocycles. The Bertz CT molecular complexity index is 930. The maximum absolute atomic E-state index is 12.1. The van der Waals surface area contributed by atoms with Gasteiger partial charge in [0.1, 0.15) is 0 Å². The van der Waals surface area contributed by atoms with Gasteiger partial charge in [-0.05, 0) is 49.5 Å². The minimum Gasteiger partial charge on any atom is -0.452 e. The van der Waals surface area contributed by atoms with Gasteiger partial charge in [0.25, 0.3) is 5.91 Å². The van der Waals surface area contributed by atoms with Crippen molar-refractivity contribution in [1.82, 2.24) is 4.72 Å². The largest absolute Gasteiger partial charge is 0.452 e. The summed E-state index contributed by atoms with van der Waals surface area (Å²) >= 11 is 11.7. The lowest BCUT2D eigenvalue weighted by Gasteiger charge is -2.09. The van der Waals surface area contributed by atoms with Crippen molar-refractivity contribution < 1.29 is 22.7 Å². The Morgan fingerprint density at radius 3 is 2.35 bits per heavy atom. The fourth-order valence-corrected chi connectivity index (χ4v) is 2.96. The van der Waals surface area contributed by atoms with Crippen molar-refractivity contribution >= 4 is 50.8 Å². The number of hydrogen-bond donors (Lipinski definition) is 2. The zero-order chi connectivity index (χ0) is 19.3. The van der Waals surface area contributed by atoms with E-state index >= 15 is 0 Å². The van der Waals surface area contributed by atoms with Gasteiger partial charge in [-0.3, -0.25) is 4.79 Å². The van der Waals surface area contributed by atoms with Crippen LogP contribution in [-0.2, 0) is 19.6 Å². The van der Waals surface area contributed by atoms with Crippen LogP contribution in [0.5, 0.6) is 0 Å². The number of halogens is 2. The van der Waals surface area contributed by atoms with Crippen molar-refractivity contribution in [1.29, 1.82) is 0 Å². The molecule has 2 aromatic rings. The van der Waals surface area contributed by atoms with Crippen LogP contribution in [0.3, 0.4) is 0 Å². The minimum absolute atomic E-state index is 0.00293. The Morgan fingerprint density at radius 1 is 1.08 bits per heavy atom. The molecule has 0 aliphatic heterocycles. The lowest BCUT2D eigenvalue weighted by atomic mass is 10.2. The number of benzene rings is 2. The van der Waals surface area contributed by atoms with Crippen LogP contribution < -0.4 is 10.0 Å². The number of nitrogens with one attached hydrogen (secondary N) is 2. The zero-order valence-electron chi connectivity index (χ0n) is 13.5. The maximum Gasteiger partial charge on any atom is 0.340 e. The summed E-state index contributed by atoms with van der Waals surface area (Å²) in [6, 6.07) is 9.95. The molecule has 7 nitrogen and oxygen atoms in total. The lowest BCUT2D eigenvalue weighted by molar-refractivity contribution is -0.119. The van der Waals surface area contributed by atoms with Crippen LogP contribution in [0, 0.1) is 0 Å². The molecular formula is C16H14Cl2N2O5S. The molecule has 0 radical (unpaired) electrons. The molecule has 10 heteroatoms. The second kappa shape index (κ2) is 8.50. The van der Waals surface area contributed by atoms with Crippen LogP contribution in [0.2, 0.25) is 10.0 Å². The molecular weight excluding hydrogens is 403 g/mol. The van der Waals surface area contributed by atoms with Crippen LogP contribution in [0.1, 0.15) is 10.4 Å². The predicted octanol–water partition coefficient (Wildman–Crippen LogP) is 2.70. The SMILES string of the molecule is CNS(=O)(=O)c1ccc(Cl)c(C(=O)OCC(=O)Nc2ccc(Cl)cc2)c1. The standard InChI is InChI=1S/C16H14Cl2N2O5S/c1-19-26(23,24)12-6-7-14(18)13(8-12)16(22)25-9-15(21)20-11-4-2-10(17)3-5-11/h2-8,19H,9H2,1H3,(H,20,21). The van der Waals surface area contributed by atoms with Crippen molar-refractivity contribution in [3.63, 3.8) is 0 Å². The first-order valence-corrected chi connectivity index (χ1v) is 9.42. The Morgan fingerprint density at radius 2 is 1.73 bits per heavy atom. The summed E-state index contributed by atoms with van der Waals surface area (Å²) < 4.78 is 30.6. The molecule has 0 aliphatic rings. The van der Waals surface area contributed by atoms with Gasteiger partial charge in [-0.2, -0.15) is 0 Å². The summed E-state index contributed by atoms with van der Waals surface area (Å²) in [4.78, 5) is 23.8. The number of sulfonamides is 1. The van der Waals surface area contributed by atoms with E-state index in [-0.39, 0.29) is 15.5 Å². The first-order chi connectivity index (χ1) is 12.2. The summed E-state index contributed by atoms with van der Waals surface area (Å²) in [5, 5.41) is 3.04. The molecule has 0 bridgehead atoms. The third-order valence-corrected chi connectivity index (χ3v) is 5.19. The molecule has 0 aromatic heterocycles. The van der Waals surface area contributed by atoms with Crippen LogP contribution in [-0.4, -0.2) is 33.9 Å². The normalized spacial score (nSPS) is 11.0. The van der Waals surface area contributed by atoms with Gasteiger partial charge in [0.05, 0.1) is 15.5 Å². The third kappa shape index (κ3) is 5.18. The Kier molecular flexibility index (Phi) is 6.60. The molecule has 2 aromatic carbocycles. The first-order valence-electron chi connectivity index (χ1n) is 7.18. The van der Waals surface area contributed by atoms with Gasteiger partial charge in [0.2, 0.25) is 10.0 Å². The highest BCUT2D eigenvalue weighted by Crippen LogP contribution is 2.21. The van der Waals surface area contributed by atoms with Crippen molar-refractivity contribution in [2.75, 3.05) is 19.0 Å². The number of carbonyl (C=O) groups is 2. The van der Waals surface area contributed by atoms with E-state index in [4.69, 9.17) is 27.9 Å². The van der Waals surface area contributed by atoms with Crippen molar-refractivity contribution in [3.8, 4) is 0 Å². The van der Waals surface area contributed by atoms with Gasteiger partial charge in [0.15, 0.2) is 6.61 Å². The minimum atomic E-state index is -3.75. The molecule has 0 saturated heterocycles. The van der Waals surface area contributed by atoms with Crippen molar-refractivity contribution in [3.05, 3.63) is 58.1 Å². The molecule has 2 rings (SSSR count). The monoisotopic (exact) mass is 416 g/mol. The number of esters is 1. The Balaban J connectivity index is 2.04. The Hall–Kier alpha value is -2.13. The van der Waals surface area contributed by atoms with E-state index in [0.717, 1.165) is 6.07 Å². The van der Waals surface area contributed by atoms with E-state index < -0.39 is 28.5 Å². The first kappa shape index (κ1) is 20.2. The highest BCUT2D eigenvalue weighted by atomic mass is 35.5. The lowest BCUT2D eigenvalue weighted by Crippen LogP contribution is -2.22. The smallest absolute Gasteiger partial charge is 0.340 e. The van der Waals surface area contributed by atoms with E-state index in [0.29, 0.717) is 10.7 Å². The van der Waals surface area contributed by atoms with Gasteiger partial charge in [-0.1, -0.05) is 23.2 Å². The number of rotatable bonds is 6. The fraction of sp³-hybridized carbons (Fsp3) is 0.125. The summed E-state index contributed by atoms with van der Waals surface area (Å²) in [6.45, 7) is -0.569. The van der Waals surface area contributed by atoms with Gasteiger partial charge in [0, 0.05) is 10.7 Å². The molecule has 0 saturated carbocycles. The summed E-state index contributed by atoms with van der Waals surface area (Å²) in [5.41, 5.74) is 0.317.